The van der Waals surface area contributed by atoms with Crippen molar-refractivity contribution in [2.75, 3.05) is 6.54 Å². The van der Waals surface area contributed by atoms with Gasteiger partial charge in [0.2, 0.25) is 0 Å². The van der Waals surface area contributed by atoms with E-state index in [1.54, 1.807) is 11.3 Å². The van der Waals surface area contributed by atoms with Crippen LogP contribution in [0.1, 0.15) is 24.1 Å². The monoisotopic (exact) mass is 299 g/mol. The molecule has 0 bridgehead atoms. The highest BCUT2D eigenvalue weighted by atomic mass is 35.5. The van der Waals surface area contributed by atoms with Gasteiger partial charge in [-0.05, 0) is 60.0 Å². The van der Waals surface area contributed by atoms with E-state index in [1.165, 1.54) is 5.56 Å². The van der Waals surface area contributed by atoms with Crippen LogP contribution < -0.4 is 5.32 Å². The third kappa shape index (κ3) is 3.72. The Balaban J connectivity index is 1.87. The topological polar surface area (TPSA) is 12.0 Å². The summed E-state index contributed by atoms with van der Waals surface area (Å²) in [5.41, 5.74) is 2.54. The minimum Gasteiger partial charge on any atom is -0.310 e. The summed E-state index contributed by atoms with van der Waals surface area (Å²) >= 11 is 13.7. The maximum Gasteiger partial charge on any atom is 0.0595 e. The predicted octanol–water partition coefficient (Wildman–Crippen LogP) is 4.95. The third-order valence-corrected chi connectivity index (χ3v) is 4.36. The summed E-state index contributed by atoms with van der Waals surface area (Å²) in [4.78, 5) is 0. The number of halogens is 2. The van der Waals surface area contributed by atoms with Gasteiger partial charge in [-0.3, -0.25) is 0 Å². The van der Waals surface area contributed by atoms with E-state index >= 15 is 0 Å². The molecule has 0 aliphatic heterocycles. The molecule has 1 atom stereocenters. The molecule has 1 N–H and O–H groups in total. The highest BCUT2D eigenvalue weighted by Gasteiger charge is 2.07. The fraction of sp³-hybridized carbons (Fsp3) is 0.286. The standard InChI is InChI=1S/C14H15Cl2NS/c1-10(12-2-3-13(15)14(16)8-12)17-6-4-11-5-7-18-9-11/h2-3,5,7-10,17H,4,6H2,1H3. The first kappa shape index (κ1) is 13.9. The third-order valence-electron chi connectivity index (χ3n) is 2.89. The van der Waals surface area contributed by atoms with E-state index < -0.39 is 0 Å². The van der Waals surface area contributed by atoms with Crippen molar-refractivity contribution < 1.29 is 0 Å². The van der Waals surface area contributed by atoms with Gasteiger partial charge in [0, 0.05) is 6.04 Å². The van der Waals surface area contributed by atoms with Crippen LogP contribution in [0.2, 0.25) is 10.0 Å². The van der Waals surface area contributed by atoms with Crippen LogP contribution in [-0.4, -0.2) is 6.54 Å². The summed E-state index contributed by atoms with van der Waals surface area (Å²) < 4.78 is 0. The van der Waals surface area contributed by atoms with Crippen LogP contribution in [0.25, 0.3) is 0 Å². The van der Waals surface area contributed by atoms with Gasteiger partial charge in [-0.2, -0.15) is 11.3 Å². The average molecular weight is 300 g/mol. The zero-order valence-electron chi connectivity index (χ0n) is 10.1. The van der Waals surface area contributed by atoms with Crippen molar-refractivity contribution >= 4 is 34.5 Å². The molecule has 0 spiro atoms. The lowest BCUT2D eigenvalue weighted by molar-refractivity contribution is 0.577. The van der Waals surface area contributed by atoms with Crippen LogP contribution in [0.4, 0.5) is 0 Å². The molecule has 18 heavy (non-hydrogen) atoms. The van der Waals surface area contributed by atoms with E-state index in [0.717, 1.165) is 18.5 Å². The van der Waals surface area contributed by atoms with Gasteiger partial charge in [0.1, 0.15) is 0 Å². The van der Waals surface area contributed by atoms with E-state index in [4.69, 9.17) is 23.2 Å². The molecular weight excluding hydrogens is 285 g/mol. The first-order valence-electron chi connectivity index (χ1n) is 5.86. The highest BCUT2D eigenvalue weighted by Crippen LogP contribution is 2.25. The lowest BCUT2D eigenvalue weighted by atomic mass is 10.1. The van der Waals surface area contributed by atoms with Crippen molar-refractivity contribution in [2.45, 2.75) is 19.4 Å². The lowest BCUT2D eigenvalue weighted by Gasteiger charge is -2.14. The molecule has 4 heteroatoms. The molecule has 1 aromatic heterocycles. The van der Waals surface area contributed by atoms with Gasteiger partial charge in [0.05, 0.1) is 10.0 Å². The molecule has 0 fully saturated rings. The van der Waals surface area contributed by atoms with Crippen molar-refractivity contribution in [3.05, 3.63) is 56.2 Å². The quantitative estimate of drug-likeness (QED) is 0.824. The Morgan fingerprint density at radius 1 is 1.22 bits per heavy atom. The van der Waals surface area contributed by atoms with Crippen molar-refractivity contribution in [1.82, 2.24) is 5.32 Å². The number of hydrogen-bond donors (Lipinski definition) is 1. The summed E-state index contributed by atoms with van der Waals surface area (Å²) in [6.07, 6.45) is 1.05. The van der Waals surface area contributed by atoms with Crippen LogP contribution in [0.3, 0.4) is 0 Å². The zero-order chi connectivity index (χ0) is 13.0. The summed E-state index contributed by atoms with van der Waals surface area (Å²) in [7, 11) is 0. The van der Waals surface area contributed by atoms with Crippen molar-refractivity contribution in [3.63, 3.8) is 0 Å². The number of thiophene rings is 1. The summed E-state index contributed by atoms with van der Waals surface area (Å²) in [5, 5.41) is 9.00. The van der Waals surface area contributed by atoms with E-state index in [2.05, 4.69) is 29.1 Å². The molecule has 0 aliphatic carbocycles. The fourth-order valence-corrected chi connectivity index (χ4v) is 2.78. The second-order valence-corrected chi connectivity index (χ2v) is 5.83. The Morgan fingerprint density at radius 3 is 2.72 bits per heavy atom. The molecule has 2 rings (SSSR count). The molecule has 1 unspecified atom stereocenters. The van der Waals surface area contributed by atoms with Crippen LogP contribution >= 0.6 is 34.5 Å². The summed E-state index contributed by atoms with van der Waals surface area (Å²) in [6.45, 7) is 3.09. The predicted molar refractivity (Wildman–Crippen MR) is 80.9 cm³/mol. The molecule has 1 nitrogen and oxygen atoms in total. The number of hydrogen-bond acceptors (Lipinski definition) is 2. The van der Waals surface area contributed by atoms with Crippen LogP contribution in [-0.2, 0) is 6.42 Å². The van der Waals surface area contributed by atoms with Gasteiger partial charge in [0.25, 0.3) is 0 Å². The van der Waals surface area contributed by atoms with Gasteiger partial charge < -0.3 is 5.32 Å². The lowest BCUT2D eigenvalue weighted by Crippen LogP contribution is -2.21. The molecule has 0 saturated carbocycles. The SMILES string of the molecule is CC(NCCc1ccsc1)c1ccc(Cl)c(Cl)c1. The fourth-order valence-electron chi connectivity index (χ4n) is 1.77. The van der Waals surface area contributed by atoms with Crippen molar-refractivity contribution in [2.24, 2.45) is 0 Å². The second-order valence-electron chi connectivity index (χ2n) is 4.23. The average Bonchev–Trinajstić information content (AvgIpc) is 2.85. The Labute approximate surface area is 122 Å². The largest absolute Gasteiger partial charge is 0.310 e. The molecular formula is C14H15Cl2NS. The Bertz CT molecular complexity index is 497. The molecule has 1 aromatic carbocycles. The first-order valence-corrected chi connectivity index (χ1v) is 7.56. The molecule has 0 amide bonds. The molecule has 96 valence electrons. The highest BCUT2D eigenvalue weighted by molar-refractivity contribution is 7.07. The Hall–Kier alpha value is -0.540. The number of rotatable bonds is 5. The molecule has 1 heterocycles. The van der Waals surface area contributed by atoms with E-state index in [1.807, 2.05) is 18.2 Å². The van der Waals surface area contributed by atoms with Gasteiger partial charge in [0.15, 0.2) is 0 Å². The minimum absolute atomic E-state index is 0.276. The normalized spacial score (nSPS) is 12.6. The van der Waals surface area contributed by atoms with Crippen LogP contribution in [0.15, 0.2) is 35.0 Å². The molecule has 0 radical (unpaired) electrons. The van der Waals surface area contributed by atoms with Gasteiger partial charge in [-0.15, -0.1) is 0 Å². The maximum atomic E-state index is 6.01. The van der Waals surface area contributed by atoms with Gasteiger partial charge in [-0.25, -0.2) is 0 Å². The molecule has 0 aliphatic rings. The summed E-state index contributed by atoms with van der Waals surface area (Å²) in [5.74, 6) is 0. The van der Waals surface area contributed by atoms with E-state index in [9.17, 15) is 0 Å². The van der Waals surface area contributed by atoms with Crippen LogP contribution in [0.5, 0.6) is 0 Å². The first-order chi connectivity index (χ1) is 8.66. The van der Waals surface area contributed by atoms with Gasteiger partial charge >= 0.3 is 0 Å². The van der Waals surface area contributed by atoms with Crippen LogP contribution in [0, 0.1) is 0 Å². The maximum absolute atomic E-state index is 6.01. The van der Waals surface area contributed by atoms with E-state index in [0.29, 0.717) is 10.0 Å². The molecule has 2 aromatic rings. The number of benzene rings is 1. The Kier molecular flexibility index (Phi) is 5.07. The van der Waals surface area contributed by atoms with Crippen molar-refractivity contribution in [3.8, 4) is 0 Å². The molecule has 0 saturated heterocycles. The number of nitrogens with one attached hydrogen (secondary N) is 1. The summed E-state index contributed by atoms with van der Waals surface area (Å²) in [6, 6.07) is 8.22. The Morgan fingerprint density at radius 2 is 2.06 bits per heavy atom. The smallest absolute Gasteiger partial charge is 0.0595 e. The van der Waals surface area contributed by atoms with Gasteiger partial charge in [-0.1, -0.05) is 29.3 Å². The zero-order valence-corrected chi connectivity index (χ0v) is 12.4. The second kappa shape index (κ2) is 6.58. The van der Waals surface area contributed by atoms with Crippen molar-refractivity contribution in [1.29, 1.82) is 0 Å². The van der Waals surface area contributed by atoms with E-state index in [-0.39, 0.29) is 6.04 Å². The minimum atomic E-state index is 0.276.